The van der Waals surface area contributed by atoms with Crippen molar-refractivity contribution in [3.05, 3.63) is 0 Å². The first-order valence-corrected chi connectivity index (χ1v) is 5.09. The van der Waals surface area contributed by atoms with E-state index in [1.54, 1.807) is 0 Å². The van der Waals surface area contributed by atoms with Crippen LogP contribution in [0.25, 0.3) is 0 Å². The molecule has 3 rings (SSSR count). The molecule has 2 heteroatoms. The van der Waals surface area contributed by atoms with Gasteiger partial charge in [-0.15, -0.1) is 11.6 Å². The molecule has 0 amide bonds. The molecule has 0 N–H and O–H groups in total. The Morgan fingerprint density at radius 3 is 2.27 bits per heavy atom. The van der Waals surface area contributed by atoms with Crippen LogP contribution in [0.15, 0.2) is 0 Å². The third kappa shape index (κ3) is 1.41. The van der Waals surface area contributed by atoms with E-state index in [0.717, 1.165) is 5.92 Å². The van der Waals surface area contributed by atoms with Gasteiger partial charge in [0.25, 0.3) is 0 Å². The van der Waals surface area contributed by atoms with Crippen molar-refractivity contribution in [1.29, 1.82) is 0 Å². The van der Waals surface area contributed by atoms with E-state index < -0.39 is 0 Å². The minimum Gasteiger partial charge on any atom is -0.299 e. The van der Waals surface area contributed by atoms with E-state index in [1.165, 1.54) is 32.4 Å². The van der Waals surface area contributed by atoms with E-state index in [1.807, 2.05) is 0 Å². The summed E-state index contributed by atoms with van der Waals surface area (Å²) < 4.78 is 0. The number of rotatable bonds is 1. The van der Waals surface area contributed by atoms with Crippen LogP contribution in [0.1, 0.15) is 26.2 Å². The van der Waals surface area contributed by atoms with Crippen LogP contribution < -0.4 is 0 Å². The fraction of sp³-hybridized carbons (Fsp3) is 1.00. The predicted molar refractivity (Wildman–Crippen MR) is 48.0 cm³/mol. The smallest absolute Gasteiger partial charge is 0.0463 e. The van der Waals surface area contributed by atoms with Crippen molar-refractivity contribution in [2.75, 3.05) is 13.1 Å². The molecule has 3 saturated heterocycles. The minimum atomic E-state index is 0.345. The van der Waals surface area contributed by atoms with E-state index >= 15 is 0 Å². The lowest BCUT2D eigenvalue weighted by Crippen LogP contribution is -2.51. The lowest BCUT2D eigenvalue weighted by Gasteiger charge is -2.46. The maximum Gasteiger partial charge on any atom is 0.0463 e. The zero-order valence-electron chi connectivity index (χ0n) is 7.09. The lowest BCUT2D eigenvalue weighted by atomic mass is 9.82. The molecule has 0 spiro atoms. The summed E-state index contributed by atoms with van der Waals surface area (Å²) in [6, 6.07) is 0.684. The number of fused-ring (bicyclic) bond motifs is 3. The van der Waals surface area contributed by atoms with Crippen LogP contribution in [0, 0.1) is 5.92 Å². The van der Waals surface area contributed by atoms with Gasteiger partial charge in [0, 0.05) is 11.4 Å². The number of hydrogen-bond donors (Lipinski definition) is 0. The quantitative estimate of drug-likeness (QED) is 0.549. The Kier molecular flexibility index (Phi) is 2.11. The SMILES string of the molecule is CC(Cl)C1CC2CCN1CC2. The summed E-state index contributed by atoms with van der Waals surface area (Å²) in [4.78, 5) is 2.57. The Balaban J connectivity index is 2.03. The number of halogens is 1. The molecule has 11 heavy (non-hydrogen) atoms. The molecule has 2 atom stereocenters. The van der Waals surface area contributed by atoms with E-state index in [0.29, 0.717) is 11.4 Å². The third-order valence-corrected chi connectivity index (χ3v) is 3.51. The van der Waals surface area contributed by atoms with Crippen molar-refractivity contribution in [2.45, 2.75) is 37.6 Å². The van der Waals surface area contributed by atoms with Crippen LogP contribution in [0.3, 0.4) is 0 Å². The highest BCUT2D eigenvalue weighted by atomic mass is 35.5. The second kappa shape index (κ2) is 2.95. The van der Waals surface area contributed by atoms with Crippen LogP contribution in [0.4, 0.5) is 0 Å². The second-order valence-corrected chi connectivity index (χ2v) is 4.65. The van der Waals surface area contributed by atoms with Crippen molar-refractivity contribution in [3.8, 4) is 0 Å². The van der Waals surface area contributed by atoms with Gasteiger partial charge in [-0.05, 0) is 45.2 Å². The summed E-state index contributed by atoms with van der Waals surface area (Å²) in [6.07, 6.45) is 4.19. The Hall–Kier alpha value is 0.250. The Bertz CT molecular complexity index is 138. The standard InChI is InChI=1S/C9H16ClN/c1-7(10)9-6-8-2-4-11(9)5-3-8/h7-9H,2-6H2,1H3. The fourth-order valence-corrected chi connectivity index (χ4v) is 2.75. The average Bonchev–Trinajstić information content (AvgIpc) is 2.06. The first kappa shape index (κ1) is 7.88. The summed E-state index contributed by atoms with van der Waals surface area (Å²) in [5.74, 6) is 0.992. The molecule has 0 aliphatic carbocycles. The van der Waals surface area contributed by atoms with E-state index in [2.05, 4.69) is 11.8 Å². The van der Waals surface area contributed by atoms with Gasteiger partial charge in [0.05, 0.1) is 0 Å². The van der Waals surface area contributed by atoms with Gasteiger partial charge in [-0.2, -0.15) is 0 Å². The van der Waals surface area contributed by atoms with Crippen molar-refractivity contribution in [2.24, 2.45) is 5.92 Å². The minimum absolute atomic E-state index is 0.345. The first-order chi connectivity index (χ1) is 5.27. The van der Waals surface area contributed by atoms with Gasteiger partial charge in [-0.1, -0.05) is 0 Å². The highest BCUT2D eigenvalue weighted by Gasteiger charge is 2.35. The molecule has 2 bridgehead atoms. The van der Waals surface area contributed by atoms with Crippen molar-refractivity contribution in [1.82, 2.24) is 4.90 Å². The van der Waals surface area contributed by atoms with Gasteiger partial charge in [-0.25, -0.2) is 0 Å². The van der Waals surface area contributed by atoms with Gasteiger partial charge >= 0.3 is 0 Å². The summed E-state index contributed by atoms with van der Waals surface area (Å²) in [5, 5.41) is 0.345. The van der Waals surface area contributed by atoms with Crippen LogP contribution in [-0.4, -0.2) is 29.4 Å². The van der Waals surface area contributed by atoms with Gasteiger partial charge in [0.1, 0.15) is 0 Å². The lowest BCUT2D eigenvalue weighted by molar-refractivity contribution is 0.0496. The summed E-state index contributed by atoms with van der Waals surface area (Å²) in [7, 11) is 0. The zero-order valence-corrected chi connectivity index (χ0v) is 7.85. The highest BCUT2D eigenvalue weighted by molar-refractivity contribution is 6.20. The third-order valence-electron chi connectivity index (χ3n) is 3.22. The number of nitrogens with zero attached hydrogens (tertiary/aromatic N) is 1. The highest BCUT2D eigenvalue weighted by Crippen LogP contribution is 2.34. The molecule has 0 aromatic carbocycles. The van der Waals surface area contributed by atoms with Crippen molar-refractivity contribution in [3.63, 3.8) is 0 Å². The molecular formula is C9H16ClN. The molecule has 3 fully saturated rings. The van der Waals surface area contributed by atoms with Crippen LogP contribution in [0.2, 0.25) is 0 Å². The molecule has 1 nitrogen and oxygen atoms in total. The Morgan fingerprint density at radius 1 is 1.36 bits per heavy atom. The Morgan fingerprint density at radius 2 is 2.00 bits per heavy atom. The zero-order chi connectivity index (χ0) is 7.84. The molecule has 64 valence electrons. The molecule has 0 aromatic heterocycles. The summed E-state index contributed by atoms with van der Waals surface area (Å²) in [6.45, 7) is 4.73. The molecule has 3 aliphatic rings. The van der Waals surface area contributed by atoms with Crippen LogP contribution in [0.5, 0.6) is 0 Å². The maximum absolute atomic E-state index is 6.11. The summed E-state index contributed by atoms with van der Waals surface area (Å²) in [5.41, 5.74) is 0. The summed E-state index contributed by atoms with van der Waals surface area (Å²) >= 11 is 6.11. The van der Waals surface area contributed by atoms with Crippen LogP contribution in [-0.2, 0) is 0 Å². The monoisotopic (exact) mass is 173 g/mol. The average molecular weight is 174 g/mol. The van der Waals surface area contributed by atoms with Crippen molar-refractivity contribution < 1.29 is 0 Å². The molecule has 3 aliphatic heterocycles. The van der Waals surface area contributed by atoms with E-state index in [9.17, 15) is 0 Å². The van der Waals surface area contributed by atoms with Gasteiger partial charge < -0.3 is 0 Å². The molecule has 0 saturated carbocycles. The fourth-order valence-electron chi connectivity index (χ4n) is 2.49. The van der Waals surface area contributed by atoms with Gasteiger partial charge in [-0.3, -0.25) is 4.90 Å². The molecule has 0 radical (unpaired) electrons. The number of alkyl halides is 1. The number of piperidine rings is 3. The first-order valence-electron chi connectivity index (χ1n) is 4.65. The van der Waals surface area contributed by atoms with Gasteiger partial charge in [0.15, 0.2) is 0 Å². The topological polar surface area (TPSA) is 3.24 Å². The van der Waals surface area contributed by atoms with E-state index in [-0.39, 0.29) is 0 Å². The number of hydrogen-bond acceptors (Lipinski definition) is 1. The predicted octanol–water partition coefficient (Wildman–Crippen LogP) is 2.10. The molecule has 2 unspecified atom stereocenters. The van der Waals surface area contributed by atoms with Gasteiger partial charge in [0.2, 0.25) is 0 Å². The second-order valence-electron chi connectivity index (χ2n) is 3.96. The van der Waals surface area contributed by atoms with E-state index in [4.69, 9.17) is 11.6 Å². The largest absolute Gasteiger partial charge is 0.299 e. The van der Waals surface area contributed by atoms with Crippen LogP contribution >= 0.6 is 11.6 Å². The van der Waals surface area contributed by atoms with Crippen molar-refractivity contribution >= 4 is 11.6 Å². The normalized spacial score (nSPS) is 45.8. The Labute approximate surface area is 73.7 Å². The molecule has 0 aromatic rings. The molecular weight excluding hydrogens is 158 g/mol. The molecule has 3 heterocycles. The maximum atomic E-state index is 6.11.